The van der Waals surface area contributed by atoms with Crippen LogP contribution in [0.2, 0.25) is 0 Å². The van der Waals surface area contributed by atoms with Gasteiger partial charge in [0.05, 0.1) is 21.5 Å². The number of carbonyl (C=O) groups excluding carboxylic acids is 4. The molecule has 14 heteroatoms. The van der Waals surface area contributed by atoms with Crippen molar-refractivity contribution in [1.29, 1.82) is 0 Å². The first-order valence-electron chi connectivity index (χ1n) is 11.3. The Morgan fingerprint density at radius 2 is 1.19 bits per heavy atom. The predicted octanol–water partition coefficient (Wildman–Crippen LogP) is 1.17. The molecule has 0 bridgehead atoms. The highest BCUT2D eigenvalue weighted by molar-refractivity contribution is 5.99. The number of primary amides is 1. The molecule has 0 aliphatic carbocycles. The van der Waals surface area contributed by atoms with Crippen molar-refractivity contribution in [3.63, 3.8) is 0 Å². The van der Waals surface area contributed by atoms with Crippen molar-refractivity contribution in [2.24, 2.45) is 17.6 Å². The third kappa shape index (κ3) is 9.27. The molecule has 4 amide bonds. The van der Waals surface area contributed by atoms with Gasteiger partial charge in [-0.3, -0.25) is 39.4 Å². The van der Waals surface area contributed by atoms with Gasteiger partial charge in [-0.15, -0.1) is 0 Å². The molecular weight excluding hydrogens is 476 g/mol. The van der Waals surface area contributed by atoms with Gasteiger partial charge >= 0.3 is 0 Å². The van der Waals surface area contributed by atoms with Crippen LogP contribution in [0.25, 0.3) is 0 Å². The smallest absolute Gasteiger partial charge is 0.277 e. The van der Waals surface area contributed by atoms with Crippen LogP contribution < -0.4 is 21.7 Å². The van der Waals surface area contributed by atoms with Crippen molar-refractivity contribution in [2.45, 2.75) is 65.6 Å². The fourth-order valence-electron chi connectivity index (χ4n) is 3.24. The summed E-state index contributed by atoms with van der Waals surface area (Å²) in [6.07, 6.45) is 0.366. The molecule has 3 atom stereocenters. The topological polar surface area (TPSA) is 217 Å². The molecule has 0 aliphatic rings. The Morgan fingerprint density at radius 3 is 1.58 bits per heavy atom. The van der Waals surface area contributed by atoms with Crippen LogP contribution in [0.4, 0.5) is 11.4 Å². The van der Waals surface area contributed by atoms with Gasteiger partial charge in [0, 0.05) is 12.1 Å². The minimum absolute atomic E-state index is 0.0199. The van der Waals surface area contributed by atoms with Crippen molar-refractivity contribution in [3.05, 3.63) is 44.0 Å². The highest BCUT2D eigenvalue weighted by atomic mass is 16.6. The molecule has 0 unspecified atom stereocenters. The van der Waals surface area contributed by atoms with E-state index in [0.717, 1.165) is 18.2 Å². The van der Waals surface area contributed by atoms with E-state index in [-0.39, 0.29) is 30.2 Å². The minimum Gasteiger partial charge on any atom is -0.368 e. The lowest BCUT2D eigenvalue weighted by molar-refractivity contribution is -0.394. The van der Waals surface area contributed by atoms with E-state index in [2.05, 4.69) is 16.0 Å². The number of nitro groups is 2. The summed E-state index contributed by atoms with van der Waals surface area (Å²) in [6.45, 7) is 8.63. The Labute approximate surface area is 207 Å². The Hall–Kier alpha value is -4.10. The number of hydrogen-bond donors (Lipinski definition) is 4. The van der Waals surface area contributed by atoms with Crippen LogP contribution in [0.1, 0.15) is 57.8 Å². The van der Waals surface area contributed by atoms with Crippen molar-refractivity contribution < 1.29 is 29.0 Å². The average Bonchev–Trinajstić information content (AvgIpc) is 2.76. The summed E-state index contributed by atoms with van der Waals surface area (Å²) >= 11 is 0. The maximum atomic E-state index is 13.1. The molecule has 0 fully saturated rings. The summed E-state index contributed by atoms with van der Waals surface area (Å²) in [7, 11) is 0. The Bertz CT molecular complexity index is 994. The van der Waals surface area contributed by atoms with Crippen molar-refractivity contribution in [1.82, 2.24) is 16.0 Å². The summed E-state index contributed by atoms with van der Waals surface area (Å²) in [5.41, 5.74) is 3.50. The molecule has 1 aromatic rings. The molecule has 0 saturated carbocycles. The van der Waals surface area contributed by atoms with Crippen LogP contribution in [-0.4, -0.2) is 51.6 Å². The van der Waals surface area contributed by atoms with Gasteiger partial charge in [0.25, 0.3) is 17.3 Å². The van der Waals surface area contributed by atoms with Gasteiger partial charge in [0.2, 0.25) is 17.7 Å². The van der Waals surface area contributed by atoms with E-state index in [9.17, 15) is 39.4 Å². The Balaban J connectivity index is 3.19. The molecule has 0 heterocycles. The van der Waals surface area contributed by atoms with E-state index in [0.29, 0.717) is 0 Å². The van der Waals surface area contributed by atoms with Gasteiger partial charge in [0.15, 0.2) is 0 Å². The number of non-ortho nitro benzene ring substituents is 2. The molecule has 0 spiro atoms. The van der Waals surface area contributed by atoms with Crippen LogP contribution in [0.15, 0.2) is 18.2 Å². The second-order valence-corrected chi connectivity index (χ2v) is 9.23. The highest BCUT2D eigenvalue weighted by Gasteiger charge is 2.30. The summed E-state index contributed by atoms with van der Waals surface area (Å²) < 4.78 is 0. The van der Waals surface area contributed by atoms with Gasteiger partial charge in [-0.1, -0.05) is 27.7 Å². The largest absolute Gasteiger partial charge is 0.368 e. The first-order valence-corrected chi connectivity index (χ1v) is 11.3. The number of carbonyl (C=O) groups is 4. The molecule has 1 aromatic carbocycles. The molecule has 36 heavy (non-hydrogen) atoms. The maximum Gasteiger partial charge on any atom is 0.277 e. The summed E-state index contributed by atoms with van der Waals surface area (Å²) in [4.78, 5) is 70.5. The van der Waals surface area contributed by atoms with Crippen LogP contribution in [0.5, 0.6) is 0 Å². The van der Waals surface area contributed by atoms with Crippen LogP contribution in [0.3, 0.4) is 0 Å². The van der Waals surface area contributed by atoms with E-state index in [1.165, 1.54) is 6.92 Å². The number of rotatable bonds is 13. The van der Waals surface area contributed by atoms with E-state index in [1.807, 2.05) is 13.8 Å². The number of nitrogens with zero attached hydrogens (tertiary/aromatic N) is 2. The highest BCUT2D eigenvalue weighted by Crippen LogP contribution is 2.23. The van der Waals surface area contributed by atoms with E-state index in [1.54, 1.807) is 13.8 Å². The third-order valence-corrected chi connectivity index (χ3v) is 5.04. The van der Waals surface area contributed by atoms with Crippen LogP contribution in [-0.2, 0) is 14.4 Å². The number of amides is 4. The van der Waals surface area contributed by atoms with Crippen LogP contribution >= 0.6 is 0 Å². The quantitative estimate of drug-likeness (QED) is 0.223. The first kappa shape index (κ1) is 29.9. The lowest BCUT2D eigenvalue weighted by Gasteiger charge is -2.25. The molecule has 1 rings (SSSR count). The molecule has 0 aromatic heterocycles. The van der Waals surface area contributed by atoms with Gasteiger partial charge < -0.3 is 21.7 Å². The lowest BCUT2D eigenvalue weighted by Crippen LogP contribution is -2.56. The number of benzene rings is 1. The zero-order valence-electron chi connectivity index (χ0n) is 20.8. The molecule has 198 valence electrons. The van der Waals surface area contributed by atoms with E-state index >= 15 is 0 Å². The number of nitro benzene ring substituents is 2. The van der Waals surface area contributed by atoms with Gasteiger partial charge in [-0.05, 0) is 31.6 Å². The van der Waals surface area contributed by atoms with E-state index in [4.69, 9.17) is 5.73 Å². The summed E-state index contributed by atoms with van der Waals surface area (Å²) in [5, 5.41) is 29.7. The fraction of sp³-hybridized carbons (Fsp3) is 0.545. The Kier molecular flexibility index (Phi) is 10.9. The number of nitrogens with two attached hydrogens (primary N) is 1. The SMILES string of the molecule is CC(C)C[C@H](NC(=O)c1cc([N+](=O)[O-])cc([N+](=O)[O-])c1)C(=O)N[C@@H](CC(C)C)C(=O)N[C@@H](C)C(N)=O. The van der Waals surface area contributed by atoms with Gasteiger partial charge in [-0.25, -0.2) is 0 Å². The molecule has 0 radical (unpaired) electrons. The summed E-state index contributed by atoms with van der Waals surface area (Å²) in [5.74, 6) is -3.14. The zero-order valence-corrected chi connectivity index (χ0v) is 20.8. The normalized spacial score (nSPS) is 13.4. The van der Waals surface area contributed by atoms with Gasteiger partial charge in [0.1, 0.15) is 18.1 Å². The van der Waals surface area contributed by atoms with Crippen molar-refractivity contribution in [3.8, 4) is 0 Å². The zero-order chi connectivity index (χ0) is 27.7. The number of nitrogens with one attached hydrogen (secondary N) is 3. The predicted molar refractivity (Wildman–Crippen MR) is 129 cm³/mol. The maximum absolute atomic E-state index is 13.1. The Morgan fingerprint density at radius 1 is 0.778 bits per heavy atom. The third-order valence-electron chi connectivity index (χ3n) is 5.04. The molecule has 5 N–H and O–H groups in total. The van der Waals surface area contributed by atoms with Crippen LogP contribution in [0, 0.1) is 32.1 Å². The molecule has 0 aliphatic heterocycles. The molecule has 14 nitrogen and oxygen atoms in total. The second kappa shape index (κ2) is 13.1. The monoisotopic (exact) mass is 508 g/mol. The van der Waals surface area contributed by atoms with E-state index < -0.39 is 63.0 Å². The standard InChI is InChI=1S/C22H32N6O8/c1-11(2)6-17(21(31)24-13(5)19(23)29)26-22(32)18(7-12(3)4)25-20(30)14-8-15(27(33)34)10-16(9-14)28(35)36/h8-13,17-18H,6-7H2,1-5H3,(H2,23,29)(H,24,31)(H,25,30)(H,26,32)/t13-,17-,18-/m0/s1. The average molecular weight is 509 g/mol. The minimum atomic E-state index is -1.16. The fourth-order valence-corrected chi connectivity index (χ4v) is 3.24. The lowest BCUT2D eigenvalue weighted by atomic mass is 9.99. The molecular formula is C22H32N6O8. The summed E-state index contributed by atoms with van der Waals surface area (Å²) in [6, 6.07) is -0.714. The molecule has 0 saturated heterocycles. The second-order valence-electron chi connectivity index (χ2n) is 9.23. The number of hydrogen-bond acceptors (Lipinski definition) is 8. The van der Waals surface area contributed by atoms with Crippen molar-refractivity contribution >= 4 is 35.0 Å². The van der Waals surface area contributed by atoms with Crippen molar-refractivity contribution in [2.75, 3.05) is 0 Å². The first-order chi connectivity index (χ1) is 16.6. The van der Waals surface area contributed by atoms with Gasteiger partial charge in [-0.2, -0.15) is 0 Å².